The third-order valence-corrected chi connectivity index (χ3v) is 2.93. The second-order valence-electron chi connectivity index (χ2n) is 4.57. The first kappa shape index (κ1) is 15.3. The molecule has 1 rings (SSSR count). The summed E-state index contributed by atoms with van der Waals surface area (Å²) >= 11 is 5.58. The number of nitrogens with zero attached hydrogens (tertiary/aromatic N) is 1. The van der Waals surface area contributed by atoms with Crippen LogP contribution in [0.25, 0.3) is 0 Å². The number of halogens is 1. The summed E-state index contributed by atoms with van der Waals surface area (Å²) in [6.07, 6.45) is 1.16. The van der Waals surface area contributed by atoms with Crippen molar-refractivity contribution in [3.05, 3.63) is 29.8 Å². The molecule has 0 fully saturated rings. The largest absolute Gasteiger partial charge is 0.494 e. The highest BCUT2D eigenvalue weighted by Crippen LogP contribution is 2.20. The maximum Gasteiger partial charge on any atom is 0.119 e. The van der Waals surface area contributed by atoms with E-state index < -0.39 is 6.10 Å². The molecule has 0 aliphatic heterocycles. The van der Waals surface area contributed by atoms with Crippen molar-refractivity contribution in [1.82, 2.24) is 4.90 Å². The van der Waals surface area contributed by atoms with Gasteiger partial charge in [-0.05, 0) is 44.6 Å². The lowest BCUT2D eigenvalue weighted by Crippen LogP contribution is -2.15. The maximum atomic E-state index is 9.99. The van der Waals surface area contributed by atoms with E-state index in [1.54, 1.807) is 0 Å². The van der Waals surface area contributed by atoms with Crippen LogP contribution >= 0.6 is 11.6 Å². The second kappa shape index (κ2) is 8.35. The van der Waals surface area contributed by atoms with Gasteiger partial charge in [0, 0.05) is 12.4 Å². The van der Waals surface area contributed by atoms with E-state index in [0.29, 0.717) is 12.5 Å². The normalized spacial score (nSPS) is 12.7. The molecule has 1 N–H and O–H groups in total. The molecular weight excluding hydrogens is 250 g/mol. The summed E-state index contributed by atoms with van der Waals surface area (Å²) in [6.45, 7) is 1.50. The molecule has 1 unspecified atom stereocenters. The van der Waals surface area contributed by atoms with E-state index >= 15 is 0 Å². The summed E-state index contributed by atoms with van der Waals surface area (Å²) in [6, 6.07) is 7.61. The predicted octanol–water partition coefficient (Wildman–Crippen LogP) is 2.68. The minimum absolute atomic E-state index is 0.413. The average Bonchev–Trinajstić information content (AvgIpc) is 2.37. The standard InChI is InChI=1S/C14H22ClNO2/c1-16(2)10-8-14(17)12-4-6-13(7-5-12)18-11-3-9-15/h4-7,14,17H,3,8-11H2,1-2H3. The SMILES string of the molecule is CN(C)CCC(O)c1ccc(OCCCCl)cc1. The first-order valence-corrected chi connectivity index (χ1v) is 6.78. The van der Waals surface area contributed by atoms with Gasteiger partial charge < -0.3 is 14.7 Å². The van der Waals surface area contributed by atoms with Crippen LogP contribution in [0.3, 0.4) is 0 Å². The fraction of sp³-hybridized carbons (Fsp3) is 0.571. The zero-order valence-electron chi connectivity index (χ0n) is 11.1. The van der Waals surface area contributed by atoms with Crippen molar-refractivity contribution in [3.8, 4) is 5.75 Å². The maximum absolute atomic E-state index is 9.99. The highest BCUT2D eigenvalue weighted by Gasteiger charge is 2.07. The lowest BCUT2D eigenvalue weighted by Gasteiger charge is -2.15. The highest BCUT2D eigenvalue weighted by molar-refractivity contribution is 6.17. The van der Waals surface area contributed by atoms with Gasteiger partial charge in [-0.1, -0.05) is 12.1 Å². The molecule has 3 nitrogen and oxygen atoms in total. The van der Waals surface area contributed by atoms with Gasteiger partial charge in [0.25, 0.3) is 0 Å². The Balaban J connectivity index is 2.43. The molecule has 0 saturated heterocycles. The van der Waals surface area contributed by atoms with Crippen molar-refractivity contribution in [2.24, 2.45) is 0 Å². The summed E-state index contributed by atoms with van der Waals surface area (Å²) in [5, 5.41) is 9.99. The average molecular weight is 272 g/mol. The molecule has 0 bridgehead atoms. The summed E-state index contributed by atoms with van der Waals surface area (Å²) < 4.78 is 5.51. The first-order valence-electron chi connectivity index (χ1n) is 6.25. The number of benzene rings is 1. The highest BCUT2D eigenvalue weighted by atomic mass is 35.5. The van der Waals surface area contributed by atoms with Gasteiger partial charge in [0.2, 0.25) is 0 Å². The Morgan fingerprint density at radius 2 is 1.94 bits per heavy atom. The van der Waals surface area contributed by atoms with E-state index in [1.807, 2.05) is 38.4 Å². The summed E-state index contributed by atoms with van der Waals surface area (Å²) in [4.78, 5) is 2.06. The fourth-order valence-electron chi connectivity index (χ4n) is 1.58. The van der Waals surface area contributed by atoms with Gasteiger partial charge in [0.1, 0.15) is 5.75 Å². The molecule has 0 aromatic heterocycles. The third-order valence-electron chi connectivity index (χ3n) is 2.66. The molecule has 1 aromatic rings. The van der Waals surface area contributed by atoms with Crippen LogP contribution in [0.1, 0.15) is 24.5 Å². The molecule has 18 heavy (non-hydrogen) atoms. The smallest absolute Gasteiger partial charge is 0.119 e. The zero-order chi connectivity index (χ0) is 13.4. The van der Waals surface area contributed by atoms with Gasteiger partial charge in [-0.2, -0.15) is 0 Å². The van der Waals surface area contributed by atoms with Crippen LogP contribution in [-0.4, -0.2) is 43.1 Å². The van der Waals surface area contributed by atoms with E-state index in [2.05, 4.69) is 4.90 Å². The van der Waals surface area contributed by atoms with Crippen molar-refractivity contribution in [2.45, 2.75) is 18.9 Å². The van der Waals surface area contributed by atoms with E-state index in [4.69, 9.17) is 16.3 Å². The Morgan fingerprint density at radius 1 is 1.28 bits per heavy atom. The van der Waals surface area contributed by atoms with Gasteiger partial charge in [0.05, 0.1) is 12.7 Å². The fourth-order valence-corrected chi connectivity index (χ4v) is 1.69. The Bertz CT molecular complexity index is 327. The van der Waals surface area contributed by atoms with Gasteiger partial charge in [-0.15, -0.1) is 11.6 Å². The summed E-state index contributed by atoms with van der Waals surface area (Å²) in [7, 11) is 4.00. The molecule has 0 saturated carbocycles. The molecule has 4 heteroatoms. The lowest BCUT2D eigenvalue weighted by atomic mass is 10.1. The molecule has 0 aliphatic rings. The number of aliphatic hydroxyl groups is 1. The van der Waals surface area contributed by atoms with E-state index in [9.17, 15) is 5.11 Å². The van der Waals surface area contributed by atoms with Crippen LogP contribution in [0.5, 0.6) is 5.75 Å². The molecular formula is C14H22ClNO2. The van der Waals surface area contributed by atoms with Crippen molar-refractivity contribution in [2.75, 3.05) is 33.1 Å². The predicted molar refractivity (Wildman–Crippen MR) is 75.4 cm³/mol. The number of rotatable bonds is 8. The van der Waals surface area contributed by atoms with E-state index in [1.165, 1.54) is 0 Å². The number of aliphatic hydroxyl groups excluding tert-OH is 1. The van der Waals surface area contributed by atoms with Crippen molar-refractivity contribution < 1.29 is 9.84 Å². The number of hydrogen-bond donors (Lipinski definition) is 1. The first-order chi connectivity index (χ1) is 8.63. The van der Waals surface area contributed by atoms with Crippen molar-refractivity contribution in [1.29, 1.82) is 0 Å². The zero-order valence-corrected chi connectivity index (χ0v) is 11.9. The number of alkyl halides is 1. The molecule has 0 heterocycles. The van der Waals surface area contributed by atoms with Crippen molar-refractivity contribution in [3.63, 3.8) is 0 Å². The van der Waals surface area contributed by atoms with Crippen LogP contribution in [-0.2, 0) is 0 Å². The van der Waals surface area contributed by atoms with Crippen molar-refractivity contribution >= 4 is 11.6 Å². The molecule has 0 spiro atoms. The van der Waals surface area contributed by atoms with Gasteiger partial charge in [-0.25, -0.2) is 0 Å². The van der Waals surface area contributed by atoms with Gasteiger partial charge in [-0.3, -0.25) is 0 Å². The molecule has 0 amide bonds. The molecule has 1 atom stereocenters. The minimum atomic E-state index is -0.413. The van der Waals surface area contributed by atoms with Crippen LogP contribution < -0.4 is 4.74 Å². The minimum Gasteiger partial charge on any atom is -0.494 e. The van der Waals surface area contributed by atoms with Gasteiger partial charge in [0.15, 0.2) is 0 Å². The van der Waals surface area contributed by atoms with E-state index in [-0.39, 0.29) is 0 Å². The number of ether oxygens (including phenoxy) is 1. The monoisotopic (exact) mass is 271 g/mol. The third kappa shape index (κ3) is 5.71. The Hall–Kier alpha value is -0.770. The van der Waals surface area contributed by atoms with E-state index in [0.717, 1.165) is 30.7 Å². The number of hydrogen-bond acceptors (Lipinski definition) is 3. The van der Waals surface area contributed by atoms with Crippen LogP contribution in [0.2, 0.25) is 0 Å². The molecule has 102 valence electrons. The topological polar surface area (TPSA) is 32.7 Å². The molecule has 1 aromatic carbocycles. The summed E-state index contributed by atoms with van der Waals surface area (Å²) in [5.74, 6) is 1.44. The Labute approximate surface area is 114 Å². The Kier molecular flexibility index (Phi) is 7.09. The van der Waals surface area contributed by atoms with Crippen LogP contribution in [0.15, 0.2) is 24.3 Å². The van der Waals surface area contributed by atoms with Crippen LogP contribution in [0, 0.1) is 0 Å². The van der Waals surface area contributed by atoms with Crippen LogP contribution in [0.4, 0.5) is 0 Å². The quantitative estimate of drug-likeness (QED) is 0.583. The molecule has 0 aliphatic carbocycles. The lowest BCUT2D eigenvalue weighted by molar-refractivity contribution is 0.154. The second-order valence-corrected chi connectivity index (χ2v) is 4.95. The van der Waals surface area contributed by atoms with Gasteiger partial charge >= 0.3 is 0 Å². The molecule has 0 radical (unpaired) electrons. The summed E-state index contributed by atoms with van der Waals surface area (Å²) in [5.41, 5.74) is 0.932. The Morgan fingerprint density at radius 3 is 2.50 bits per heavy atom.